The van der Waals surface area contributed by atoms with E-state index in [1.54, 1.807) is 32.6 Å². The Morgan fingerprint density at radius 3 is 2.82 bits per heavy atom. The average molecular weight is 408 g/mol. The summed E-state index contributed by atoms with van der Waals surface area (Å²) in [5.74, 6) is -0.789. The summed E-state index contributed by atoms with van der Waals surface area (Å²) in [5, 5.41) is 4.64. The molecule has 10 heteroatoms. The topological polar surface area (TPSA) is 103 Å². The predicted molar refractivity (Wildman–Crippen MR) is 102 cm³/mol. The number of piperidine rings is 1. The van der Waals surface area contributed by atoms with Crippen LogP contribution in [0.15, 0.2) is 10.9 Å². The molecule has 1 unspecified atom stereocenters. The van der Waals surface area contributed by atoms with Crippen LogP contribution < -0.4 is 5.56 Å². The molecule has 0 aromatic carbocycles. The van der Waals surface area contributed by atoms with Gasteiger partial charge in [-0.15, -0.1) is 0 Å². The molecule has 1 atom stereocenters. The first kappa shape index (κ1) is 20.2. The lowest BCUT2D eigenvalue weighted by molar-refractivity contribution is -0.151. The fraction of sp³-hybridized carbons (Fsp3) is 0.611. The predicted octanol–water partition coefficient (Wildman–Crippen LogP) is 2.15. The standard InChI is InChI=1S/C18H24N4O5S/c1-11-8-14(23)22-16(19-11)28-13(20-22)10-26-15(24)12-6-5-7-21(9-12)17(25)27-18(2,3)4/h8,12H,5-7,9-10H2,1-4H3. The maximum absolute atomic E-state index is 12.5. The smallest absolute Gasteiger partial charge is 0.410 e. The van der Waals surface area contributed by atoms with Crippen molar-refractivity contribution in [3.63, 3.8) is 0 Å². The Hall–Kier alpha value is -2.49. The van der Waals surface area contributed by atoms with Crippen molar-refractivity contribution >= 4 is 28.4 Å². The molecule has 152 valence electrons. The van der Waals surface area contributed by atoms with E-state index in [-0.39, 0.29) is 24.7 Å². The van der Waals surface area contributed by atoms with E-state index < -0.39 is 17.6 Å². The molecule has 1 saturated heterocycles. The maximum Gasteiger partial charge on any atom is 0.410 e. The number of amides is 1. The van der Waals surface area contributed by atoms with Gasteiger partial charge in [-0.05, 0) is 40.5 Å². The van der Waals surface area contributed by atoms with Crippen molar-refractivity contribution < 1.29 is 19.1 Å². The minimum atomic E-state index is -0.581. The molecule has 28 heavy (non-hydrogen) atoms. The lowest BCUT2D eigenvalue weighted by Crippen LogP contribution is -2.45. The van der Waals surface area contributed by atoms with Gasteiger partial charge in [0, 0.05) is 24.8 Å². The summed E-state index contributed by atoms with van der Waals surface area (Å²) in [6.07, 6.45) is 0.939. The SMILES string of the molecule is Cc1cc(=O)n2nc(COC(=O)C3CCCN(C(=O)OC(C)(C)C)C3)sc2n1. The summed E-state index contributed by atoms with van der Waals surface area (Å²) in [5.41, 5.74) is -0.236. The van der Waals surface area contributed by atoms with Gasteiger partial charge in [-0.1, -0.05) is 11.3 Å². The normalized spacial score (nSPS) is 17.6. The van der Waals surface area contributed by atoms with Crippen LogP contribution in [0.1, 0.15) is 44.3 Å². The van der Waals surface area contributed by atoms with Crippen molar-refractivity contribution in [3.05, 3.63) is 27.1 Å². The van der Waals surface area contributed by atoms with E-state index in [9.17, 15) is 14.4 Å². The van der Waals surface area contributed by atoms with E-state index in [0.717, 1.165) is 0 Å². The van der Waals surface area contributed by atoms with Crippen molar-refractivity contribution in [2.45, 2.75) is 52.7 Å². The molecular weight excluding hydrogens is 384 g/mol. The first-order valence-corrected chi connectivity index (χ1v) is 9.95. The maximum atomic E-state index is 12.5. The van der Waals surface area contributed by atoms with E-state index in [1.165, 1.54) is 21.9 Å². The van der Waals surface area contributed by atoms with Gasteiger partial charge >= 0.3 is 12.1 Å². The summed E-state index contributed by atoms with van der Waals surface area (Å²) < 4.78 is 12.0. The van der Waals surface area contributed by atoms with Gasteiger partial charge in [0.1, 0.15) is 12.2 Å². The summed E-state index contributed by atoms with van der Waals surface area (Å²) in [6, 6.07) is 1.40. The summed E-state index contributed by atoms with van der Waals surface area (Å²) in [6.45, 7) is 7.95. The zero-order chi connectivity index (χ0) is 20.5. The van der Waals surface area contributed by atoms with Gasteiger partial charge in [0.15, 0.2) is 5.01 Å². The second kappa shape index (κ2) is 7.86. The Labute approximate surface area is 166 Å². The molecule has 1 amide bonds. The zero-order valence-electron chi connectivity index (χ0n) is 16.4. The van der Waals surface area contributed by atoms with Crippen molar-refractivity contribution in [2.24, 2.45) is 5.92 Å². The number of aryl methyl sites for hydroxylation is 1. The number of carbonyl (C=O) groups excluding carboxylic acids is 2. The highest BCUT2D eigenvalue weighted by Gasteiger charge is 2.32. The van der Waals surface area contributed by atoms with Gasteiger partial charge in [0.25, 0.3) is 5.56 Å². The number of hydrogen-bond donors (Lipinski definition) is 0. The largest absolute Gasteiger partial charge is 0.458 e. The van der Waals surface area contributed by atoms with E-state index in [1.807, 2.05) is 0 Å². The van der Waals surface area contributed by atoms with Gasteiger partial charge in [-0.3, -0.25) is 9.59 Å². The lowest BCUT2D eigenvalue weighted by Gasteiger charge is -2.33. The molecule has 9 nitrogen and oxygen atoms in total. The molecule has 1 aliphatic rings. The lowest BCUT2D eigenvalue weighted by atomic mass is 9.98. The first-order valence-electron chi connectivity index (χ1n) is 9.13. The molecule has 3 heterocycles. The van der Waals surface area contributed by atoms with Crippen LogP contribution in [-0.4, -0.2) is 50.3 Å². The first-order chi connectivity index (χ1) is 13.1. The summed E-state index contributed by atoms with van der Waals surface area (Å²) >= 11 is 1.21. The number of carbonyl (C=O) groups is 2. The molecule has 0 bridgehead atoms. The van der Waals surface area contributed by atoms with Crippen LogP contribution in [0.3, 0.4) is 0 Å². The molecule has 1 fully saturated rings. The third-order valence-corrected chi connectivity index (χ3v) is 5.04. The van der Waals surface area contributed by atoms with Crippen LogP contribution in [0.2, 0.25) is 0 Å². The van der Waals surface area contributed by atoms with Crippen LogP contribution in [0.25, 0.3) is 4.96 Å². The number of fused-ring (bicyclic) bond motifs is 1. The van der Waals surface area contributed by atoms with E-state index in [2.05, 4.69) is 10.1 Å². The Morgan fingerprint density at radius 2 is 2.11 bits per heavy atom. The van der Waals surface area contributed by atoms with Crippen molar-refractivity contribution in [1.82, 2.24) is 19.5 Å². The molecule has 0 N–H and O–H groups in total. The number of hydrogen-bond acceptors (Lipinski definition) is 8. The molecule has 2 aromatic heterocycles. The third kappa shape index (κ3) is 4.86. The molecule has 0 radical (unpaired) electrons. The number of likely N-dealkylation sites (tertiary alicyclic amines) is 1. The van der Waals surface area contributed by atoms with Crippen LogP contribution in [0, 0.1) is 12.8 Å². The van der Waals surface area contributed by atoms with E-state index >= 15 is 0 Å². The number of rotatable bonds is 3. The Bertz CT molecular complexity index is 946. The van der Waals surface area contributed by atoms with Crippen LogP contribution >= 0.6 is 11.3 Å². The van der Waals surface area contributed by atoms with Crippen LogP contribution in [0.4, 0.5) is 4.79 Å². The monoisotopic (exact) mass is 408 g/mol. The minimum absolute atomic E-state index is 0.0334. The Kier molecular flexibility index (Phi) is 5.69. The van der Waals surface area contributed by atoms with Gasteiger partial charge < -0.3 is 14.4 Å². The van der Waals surface area contributed by atoms with Gasteiger partial charge in [0.2, 0.25) is 4.96 Å². The fourth-order valence-electron chi connectivity index (χ4n) is 2.93. The molecule has 3 rings (SSSR count). The molecule has 0 saturated carbocycles. The van der Waals surface area contributed by atoms with Crippen LogP contribution in [-0.2, 0) is 20.9 Å². The van der Waals surface area contributed by atoms with Crippen molar-refractivity contribution in [1.29, 1.82) is 0 Å². The van der Waals surface area contributed by atoms with Crippen molar-refractivity contribution in [3.8, 4) is 0 Å². The molecule has 0 aliphatic carbocycles. The highest BCUT2D eigenvalue weighted by atomic mass is 32.1. The van der Waals surface area contributed by atoms with E-state index in [0.29, 0.717) is 35.0 Å². The highest BCUT2D eigenvalue weighted by Crippen LogP contribution is 2.21. The highest BCUT2D eigenvalue weighted by molar-refractivity contribution is 7.16. The van der Waals surface area contributed by atoms with Gasteiger partial charge in [-0.2, -0.15) is 9.61 Å². The Morgan fingerprint density at radius 1 is 1.36 bits per heavy atom. The quantitative estimate of drug-likeness (QED) is 0.717. The number of nitrogens with zero attached hydrogens (tertiary/aromatic N) is 4. The molecular formula is C18H24N4O5S. The Balaban J connectivity index is 1.59. The molecule has 0 spiro atoms. The second-order valence-corrected chi connectivity index (χ2v) is 8.84. The third-order valence-electron chi connectivity index (χ3n) is 4.16. The molecule has 2 aromatic rings. The summed E-state index contributed by atoms with van der Waals surface area (Å²) in [7, 11) is 0. The van der Waals surface area contributed by atoms with Crippen molar-refractivity contribution in [2.75, 3.05) is 13.1 Å². The number of esters is 1. The molecule has 1 aliphatic heterocycles. The zero-order valence-corrected chi connectivity index (χ0v) is 17.2. The second-order valence-electron chi connectivity index (χ2n) is 7.80. The van der Waals surface area contributed by atoms with Gasteiger partial charge in [0.05, 0.1) is 5.92 Å². The minimum Gasteiger partial charge on any atom is -0.458 e. The summed E-state index contributed by atoms with van der Waals surface area (Å²) in [4.78, 5) is 42.8. The number of ether oxygens (including phenoxy) is 2. The van der Waals surface area contributed by atoms with E-state index in [4.69, 9.17) is 9.47 Å². The fourth-order valence-corrected chi connectivity index (χ4v) is 3.79. The number of aromatic nitrogens is 3. The van der Waals surface area contributed by atoms with Gasteiger partial charge in [-0.25, -0.2) is 9.78 Å². The average Bonchev–Trinajstić information content (AvgIpc) is 3.01. The van der Waals surface area contributed by atoms with Crippen LogP contribution in [0.5, 0.6) is 0 Å².